The lowest BCUT2D eigenvalue weighted by molar-refractivity contribution is -0.142. The monoisotopic (exact) mass is 286 g/mol. The van der Waals surface area contributed by atoms with Crippen LogP contribution in [0.5, 0.6) is 0 Å². The molecule has 112 valence electrons. The molecule has 1 saturated carbocycles. The second-order valence-electron chi connectivity index (χ2n) is 6.03. The van der Waals surface area contributed by atoms with Gasteiger partial charge in [-0.25, -0.2) is 0 Å². The number of carbonyl (C=O) groups is 3. The van der Waals surface area contributed by atoms with E-state index >= 15 is 0 Å². The summed E-state index contributed by atoms with van der Waals surface area (Å²) in [5.41, 5.74) is 3.39. The Balaban J connectivity index is 2.18. The quantitative estimate of drug-likeness (QED) is 0.798. The average Bonchev–Trinajstić information content (AvgIpc) is 2.41. The van der Waals surface area contributed by atoms with E-state index in [-0.39, 0.29) is 23.3 Å². The van der Waals surface area contributed by atoms with Crippen molar-refractivity contribution in [2.45, 2.75) is 52.4 Å². The molecule has 0 saturated heterocycles. The molecule has 0 amide bonds. The van der Waals surface area contributed by atoms with Gasteiger partial charge in [-0.05, 0) is 42.9 Å². The maximum atomic E-state index is 12.2. The summed E-state index contributed by atoms with van der Waals surface area (Å²) in [7, 11) is 0. The summed E-state index contributed by atoms with van der Waals surface area (Å²) in [4.78, 5) is 36.3. The first-order chi connectivity index (χ1) is 9.93. The molecule has 1 fully saturated rings. The minimum Gasteiger partial charge on any atom is -0.298 e. The number of rotatable bonds is 4. The Morgan fingerprint density at radius 1 is 1.10 bits per heavy atom. The zero-order valence-corrected chi connectivity index (χ0v) is 12.9. The lowest BCUT2D eigenvalue weighted by Gasteiger charge is -2.26. The summed E-state index contributed by atoms with van der Waals surface area (Å²) in [6.45, 7) is 5.95. The number of carbonyl (C=O) groups excluding carboxylic acids is 3. The van der Waals surface area contributed by atoms with Crippen molar-refractivity contribution in [1.29, 1.82) is 0 Å². The first-order valence-corrected chi connectivity index (χ1v) is 7.59. The molecular weight excluding hydrogens is 264 g/mol. The number of Topliss-reactive ketones (excluding diaryl/α,β-unsaturated/α-hetero) is 3. The van der Waals surface area contributed by atoms with Gasteiger partial charge in [0.05, 0.1) is 0 Å². The van der Waals surface area contributed by atoms with Gasteiger partial charge in [0.2, 0.25) is 0 Å². The summed E-state index contributed by atoms with van der Waals surface area (Å²) < 4.78 is 0. The minimum atomic E-state index is -0.993. The number of hydrogen-bond donors (Lipinski definition) is 0. The molecular formula is C18H22O3. The fourth-order valence-corrected chi connectivity index (χ4v) is 2.98. The molecule has 0 aromatic heterocycles. The minimum absolute atomic E-state index is 0.0741. The van der Waals surface area contributed by atoms with E-state index in [0.717, 1.165) is 11.1 Å². The molecule has 2 rings (SSSR count). The maximum Gasteiger partial charge on any atom is 0.151 e. The highest BCUT2D eigenvalue weighted by Gasteiger charge is 2.39. The van der Waals surface area contributed by atoms with Crippen LogP contribution in [0.1, 0.15) is 55.2 Å². The largest absolute Gasteiger partial charge is 0.298 e. The predicted molar refractivity (Wildman–Crippen MR) is 81.3 cm³/mol. The lowest BCUT2D eigenvalue weighted by atomic mass is 9.74. The lowest BCUT2D eigenvalue weighted by Crippen LogP contribution is -2.38. The molecule has 1 aliphatic carbocycles. The molecule has 0 heterocycles. The van der Waals surface area contributed by atoms with Gasteiger partial charge in [0.1, 0.15) is 5.92 Å². The van der Waals surface area contributed by atoms with E-state index in [1.54, 1.807) is 0 Å². The van der Waals surface area contributed by atoms with Crippen LogP contribution >= 0.6 is 0 Å². The Morgan fingerprint density at radius 2 is 1.71 bits per heavy atom. The Morgan fingerprint density at radius 3 is 2.24 bits per heavy atom. The van der Waals surface area contributed by atoms with Gasteiger partial charge in [0.25, 0.3) is 0 Å². The second kappa shape index (κ2) is 6.33. The van der Waals surface area contributed by atoms with Gasteiger partial charge in [-0.3, -0.25) is 14.4 Å². The molecule has 1 aromatic rings. The van der Waals surface area contributed by atoms with Crippen molar-refractivity contribution in [3.63, 3.8) is 0 Å². The molecule has 0 radical (unpaired) electrons. The summed E-state index contributed by atoms with van der Waals surface area (Å²) in [5, 5.41) is 0. The van der Waals surface area contributed by atoms with Gasteiger partial charge in [0, 0.05) is 19.3 Å². The molecule has 1 aliphatic rings. The SMILES string of the molecule is CCCC(=O)C1C(=O)CC(c2ccc(C)c(C)c2)CC1=O. The highest BCUT2D eigenvalue weighted by molar-refractivity contribution is 6.20. The Kier molecular flexibility index (Phi) is 4.71. The number of ketones is 3. The molecule has 0 bridgehead atoms. The van der Waals surface area contributed by atoms with Crippen molar-refractivity contribution in [2.24, 2.45) is 5.92 Å². The van der Waals surface area contributed by atoms with Crippen LogP contribution in [0.2, 0.25) is 0 Å². The number of benzene rings is 1. The maximum absolute atomic E-state index is 12.2. The Labute approximate surface area is 125 Å². The zero-order chi connectivity index (χ0) is 15.6. The smallest absolute Gasteiger partial charge is 0.151 e. The van der Waals surface area contributed by atoms with Crippen LogP contribution in [-0.4, -0.2) is 17.3 Å². The van der Waals surface area contributed by atoms with Crippen molar-refractivity contribution >= 4 is 17.3 Å². The van der Waals surface area contributed by atoms with Gasteiger partial charge < -0.3 is 0 Å². The van der Waals surface area contributed by atoms with Crippen LogP contribution in [0.25, 0.3) is 0 Å². The zero-order valence-electron chi connectivity index (χ0n) is 12.9. The Bertz CT molecular complexity index is 568. The average molecular weight is 286 g/mol. The van der Waals surface area contributed by atoms with Crippen LogP contribution in [0, 0.1) is 19.8 Å². The van der Waals surface area contributed by atoms with Gasteiger partial charge in [0.15, 0.2) is 17.3 Å². The van der Waals surface area contributed by atoms with E-state index in [1.807, 2.05) is 32.9 Å². The van der Waals surface area contributed by atoms with Gasteiger partial charge in [-0.15, -0.1) is 0 Å². The standard InChI is InChI=1S/C18H22O3/c1-4-5-15(19)18-16(20)9-14(10-17(18)21)13-7-6-11(2)12(3)8-13/h6-8,14,18H,4-5,9-10H2,1-3H3. The molecule has 21 heavy (non-hydrogen) atoms. The van der Waals surface area contributed by atoms with E-state index in [1.165, 1.54) is 5.56 Å². The topological polar surface area (TPSA) is 51.2 Å². The van der Waals surface area contributed by atoms with Crippen molar-refractivity contribution in [2.75, 3.05) is 0 Å². The van der Waals surface area contributed by atoms with Gasteiger partial charge in [-0.2, -0.15) is 0 Å². The van der Waals surface area contributed by atoms with Crippen LogP contribution < -0.4 is 0 Å². The Hall–Kier alpha value is -1.77. The van der Waals surface area contributed by atoms with E-state index in [0.29, 0.717) is 25.7 Å². The molecule has 0 spiro atoms. The van der Waals surface area contributed by atoms with Crippen molar-refractivity contribution < 1.29 is 14.4 Å². The molecule has 0 unspecified atom stereocenters. The van der Waals surface area contributed by atoms with E-state index < -0.39 is 5.92 Å². The van der Waals surface area contributed by atoms with Crippen molar-refractivity contribution in [3.05, 3.63) is 34.9 Å². The summed E-state index contributed by atoms with van der Waals surface area (Å²) in [6.07, 6.45) is 1.59. The molecule has 0 N–H and O–H groups in total. The van der Waals surface area contributed by atoms with E-state index in [4.69, 9.17) is 0 Å². The first-order valence-electron chi connectivity index (χ1n) is 7.59. The third-order valence-electron chi connectivity index (χ3n) is 4.36. The van der Waals surface area contributed by atoms with E-state index in [2.05, 4.69) is 6.07 Å². The predicted octanol–water partition coefficient (Wildman–Crippen LogP) is 3.30. The van der Waals surface area contributed by atoms with Gasteiger partial charge >= 0.3 is 0 Å². The first kappa shape index (κ1) is 15.6. The molecule has 1 aromatic carbocycles. The molecule has 3 nitrogen and oxygen atoms in total. The normalized spacial score (nSPS) is 22.4. The summed E-state index contributed by atoms with van der Waals surface area (Å²) in [6, 6.07) is 6.06. The van der Waals surface area contributed by atoms with Crippen molar-refractivity contribution in [3.8, 4) is 0 Å². The van der Waals surface area contributed by atoms with Crippen LogP contribution in [-0.2, 0) is 14.4 Å². The molecule has 3 heteroatoms. The van der Waals surface area contributed by atoms with Crippen LogP contribution in [0.3, 0.4) is 0 Å². The third kappa shape index (κ3) is 3.29. The van der Waals surface area contributed by atoms with Crippen LogP contribution in [0.4, 0.5) is 0 Å². The molecule has 0 atom stereocenters. The fraction of sp³-hybridized carbons (Fsp3) is 0.500. The second-order valence-corrected chi connectivity index (χ2v) is 6.03. The van der Waals surface area contributed by atoms with Crippen LogP contribution in [0.15, 0.2) is 18.2 Å². The highest BCUT2D eigenvalue weighted by atomic mass is 16.2. The third-order valence-corrected chi connectivity index (χ3v) is 4.36. The van der Waals surface area contributed by atoms with E-state index in [9.17, 15) is 14.4 Å². The molecule has 0 aliphatic heterocycles. The van der Waals surface area contributed by atoms with Crippen molar-refractivity contribution in [1.82, 2.24) is 0 Å². The fourth-order valence-electron chi connectivity index (χ4n) is 2.98. The van der Waals surface area contributed by atoms with Gasteiger partial charge in [-0.1, -0.05) is 25.1 Å². The number of hydrogen-bond acceptors (Lipinski definition) is 3. The summed E-state index contributed by atoms with van der Waals surface area (Å²) in [5.74, 6) is -1.67. The number of aryl methyl sites for hydroxylation is 2. The highest BCUT2D eigenvalue weighted by Crippen LogP contribution is 2.33. The summed E-state index contributed by atoms with van der Waals surface area (Å²) >= 11 is 0.